The average molecular weight is 341 g/mol. The highest BCUT2D eigenvalue weighted by Gasteiger charge is 2.23. The third kappa shape index (κ3) is 5.08. The molecular weight excluding hydrogens is 314 g/mol. The number of hydrogen-bond donors (Lipinski definition) is 1. The van der Waals surface area contributed by atoms with Crippen molar-refractivity contribution < 1.29 is 9.59 Å². The van der Waals surface area contributed by atoms with E-state index in [1.807, 2.05) is 30.0 Å². The van der Waals surface area contributed by atoms with Gasteiger partial charge >= 0.3 is 0 Å². The largest absolute Gasteiger partial charge is 0.368 e. The van der Waals surface area contributed by atoms with Crippen LogP contribution in [0.25, 0.3) is 0 Å². The maximum atomic E-state index is 12.3. The molecular formula is C20H27N3O2. The van der Waals surface area contributed by atoms with Gasteiger partial charge in [-0.3, -0.25) is 9.59 Å². The van der Waals surface area contributed by atoms with Gasteiger partial charge in [0.1, 0.15) is 0 Å². The van der Waals surface area contributed by atoms with Crippen LogP contribution >= 0.6 is 0 Å². The number of anilines is 1. The molecule has 1 aromatic carbocycles. The Balaban J connectivity index is 1.36. The van der Waals surface area contributed by atoms with Crippen LogP contribution in [0, 0.1) is 5.92 Å². The lowest BCUT2D eigenvalue weighted by molar-refractivity contribution is -0.131. The summed E-state index contributed by atoms with van der Waals surface area (Å²) < 4.78 is 0. The summed E-state index contributed by atoms with van der Waals surface area (Å²) in [5.74, 6) is 0.648. The van der Waals surface area contributed by atoms with Gasteiger partial charge in [-0.2, -0.15) is 0 Å². The second kappa shape index (κ2) is 8.19. The van der Waals surface area contributed by atoms with Crippen LogP contribution in [0.15, 0.2) is 42.0 Å². The van der Waals surface area contributed by atoms with E-state index in [2.05, 4.69) is 22.3 Å². The first-order chi connectivity index (χ1) is 12.1. The molecule has 0 unspecified atom stereocenters. The van der Waals surface area contributed by atoms with Crippen LogP contribution in [0.3, 0.4) is 0 Å². The van der Waals surface area contributed by atoms with Gasteiger partial charge < -0.3 is 15.1 Å². The molecule has 2 aliphatic rings. The van der Waals surface area contributed by atoms with Crippen molar-refractivity contribution in [2.45, 2.75) is 26.2 Å². The molecule has 0 aromatic heterocycles. The standard InChI is InChI=1S/C20H27N3O2/c1-16(17-7-8-17)15-19(24)21-10-9-20(25)23-13-11-22(12-14-23)18-5-3-2-4-6-18/h2-6,15,17H,7-14H2,1H3,(H,21,24)/b16-15-. The van der Waals surface area contributed by atoms with Gasteiger partial charge in [0.25, 0.3) is 0 Å². The summed E-state index contributed by atoms with van der Waals surface area (Å²) in [5.41, 5.74) is 2.36. The maximum absolute atomic E-state index is 12.3. The zero-order valence-corrected chi connectivity index (χ0v) is 14.9. The van der Waals surface area contributed by atoms with E-state index >= 15 is 0 Å². The van der Waals surface area contributed by atoms with Gasteiger partial charge in [-0.05, 0) is 37.8 Å². The zero-order valence-electron chi connectivity index (χ0n) is 14.9. The lowest BCUT2D eigenvalue weighted by atomic mass is 10.2. The van der Waals surface area contributed by atoms with Crippen molar-refractivity contribution in [3.8, 4) is 0 Å². The number of hydrogen-bond acceptors (Lipinski definition) is 3. The molecule has 3 rings (SSSR count). The lowest BCUT2D eigenvalue weighted by Gasteiger charge is -2.36. The van der Waals surface area contributed by atoms with Gasteiger partial charge in [-0.1, -0.05) is 23.8 Å². The fourth-order valence-electron chi connectivity index (χ4n) is 3.22. The van der Waals surface area contributed by atoms with Crippen LogP contribution in [-0.4, -0.2) is 49.4 Å². The van der Waals surface area contributed by atoms with E-state index < -0.39 is 0 Å². The predicted octanol–water partition coefficient (Wildman–Crippen LogP) is 2.20. The Labute approximate surface area is 149 Å². The molecule has 134 valence electrons. The molecule has 1 saturated heterocycles. The van der Waals surface area contributed by atoms with Crippen LogP contribution in [0.1, 0.15) is 26.2 Å². The Morgan fingerprint density at radius 1 is 1.12 bits per heavy atom. The fourth-order valence-corrected chi connectivity index (χ4v) is 3.22. The second-order valence-electron chi connectivity index (χ2n) is 6.91. The van der Waals surface area contributed by atoms with Gasteiger partial charge in [0, 0.05) is 50.9 Å². The number of benzene rings is 1. The minimum absolute atomic E-state index is 0.0777. The van der Waals surface area contributed by atoms with Crippen LogP contribution in [0.5, 0.6) is 0 Å². The summed E-state index contributed by atoms with van der Waals surface area (Å²) in [7, 11) is 0. The number of piperazine rings is 1. The minimum Gasteiger partial charge on any atom is -0.368 e. The van der Waals surface area contributed by atoms with Crippen molar-refractivity contribution in [2.75, 3.05) is 37.6 Å². The molecule has 0 spiro atoms. The van der Waals surface area contributed by atoms with E-state index in [9.17, 15) is 9.59 Å². The molecule has 0 atom stereocenters. The number of para-hydroxylation sites is 1. The summed E-state index contributed by atoms with van der Waals surface area (Å²) in [6.07, 6.45) is 4.44. The summed E-state index contributed by atoms with van der Waals surface area (Å²) >= 11 is 0. The van der Waals surface area contributed by atoms with Gasteiger partial charge in [0.15, 0.2) is 0 Å². The molecule has 1 saturated carbocycles. The van der Waals surface area contributed by atoms with Crippen molar-refractivity contribution in [1.82, 2.24) is 10.2 Å². The Hall–Kier alpha value is -2.30. The summed E-state index contributed by atoms with van der Waals surface area (Å²) in [5, 5.41) is 2.83. The van der Waals surface area contributed by atoms with Crippen LogP contribution < -0.4 is 10.2 Å². The normalized spacial score (nSPS) is 18.2. The highest BCUT2D eigenvalue weighted by molar-refractivity contribution is 5.88. The fraction of sp³-hybridized carbons (Fsp3) is 0.500. The number of allylic oxidation sites excluding steroid dienone is 1. The number of amides is 2. The molecule has 1 N–H and O–H groups in total. The molecule has 1 aromatic rings. The summed E-state index contributed by atoms with van der Waals surface area (Å²) in [6, 6.07) is 10.3. The molecule has 2 amide bonds. The zero-order chi connectivity index (χ0) is 17.6. The SMILES string of the molecule is C/C(=C/C(=O)NCCC(=O)N1CCN(c2ccccc2)CC1)C1CC1. The smallest absolute Gasteiger partial charge is 0.243 e. The predicted molar refractivity (Wildman–Crippen MR) is 99.3 cm³/mol. The van der Waals surface area contributed by atoms with E-state index in [4.69, 9.17) is 0 Å². The first kappa shape index (κ1) is 17.5. The van der Waals surface area contributed by atoms with Gasteiger partial charge in [0.05, 0.1) is 0 Å². The lowest BCUT2D eigenvalue weighted by Crippen LogP contribution is -2.49. The summed E-state index contributed by atoms with van der Waals surface area (Å²) in [6.45, 7) is 5.60. The number of rotatable bonds is 6. The van der Waals surface area contributed by atoms with Crippen molar-refractivity contribution in [1.29, 1.82) is 0 Å². The van der Waals surface area contributed by atoms with E-state index in [1.54, 1.807) is 6.08 Å². The van der Waals surface area contributed by atoms with Crippen molar-refractivity contribution in [2.24, 2.45) is 5.92 Å². The molecule has 5 heteroatoms. The van der Waals surface area contributed by atoms with Crippen molar-refractivity contribution in [3.63, 3.8) is 0 Å². The van der Waals surface area contributed by atoms with Crippen molar-refractivity contribution in [3.05, 3.63) is 42.0 Å². The highest BCUT2D eigenvalue weighted by atomic mass is 16.2. The van der Waals surface area contributed by atoms with Crippen LogP contribution in [0.4, 0.5) is 5.69 Å². The van der Waals surface area contributed by atoms with E-state index in [-0.39, 0.29) is 11.8 Å². The third-order valence-corrected chi connectivity index (χ3v) is 4.97. The molecule has 0 radical (unpaired) electrons. The minimum atomic E-state index is -0.0777. The third-order valence-electron chi connectivity index (χ3n) is 4.97. The molecule has 2 fully saturated rings. The number of nitrogens with zero attached hydrogens (tertiary/aromatic N) is 2. The number of nitrogens with one attached hydrogen (secondary N) is 1. The number of carbonyl (C=O) groups is 2. The van der Waals surface area contributed by atoms with Crippen LogP contribution in [0.2, 0.25) is 0 Å². The van der Waals surface area contributed by atoms with Gasteiger partial charge in [-0.15, -0.1) is 0 Å². The first-order valence-corrected chi connectivity index (χ1v) is 9.17. The molecule has 1 aliphatic carbocycles. The molecule has 5 nitrogen and oxygen atoms in total. The van der Waals surface area contributed by atoms with Gasteiger partial charge in [-0.25, -0.2) is 0 Å². The monoisotopic (exact) mass is 341 g/mol. The van der Waals surface area contributed by atoms with E-state index in [0.717, 1.165) is 31.8 Å². The summed E-state index contributed by atoms with van der Waals surface area (Å²) in [4.78, 5) is 28.3. The maximum Gasteiger partial charge on any atom is 0.243 e. The topological polar surface area (TPSA) is 52.7 Å². The molecule has 1 heterocycles. The van der Waals surface area contributed by atoms with Crippen LogP contribution in [-0.2, 0) is 9.59 Å². The first-order valence-electron chi connectivity index (χ1n) is 9.17. The molecule has 25 heavy (non-hydrogen) atoms. The second-order valence-corrected chi connectivity index (χ2v) is 6.91. The Kier molecular flexibility index (Phi) is 5.74. The Bertz CT molecular complexity index is 630. The Morgan fingerprint density at radius 3 is 2.44 bits per heavy atom. The Morgan fingerprint density at radius 2 is 1.80 bits per heavy atom. The van der Waals surface area contributed by atoms with Gasteiger partial charge in [0.2, 0.25) is 11.8 Å². The van der Waals surface area contributed by atoms with E-state index in [1.165, 1.54) is 18.5 Å². The average Bonchev–Trinajstić information content (AvgIpc) is 3.48. The molecule has 1 aliphatic heterocycles. The van der Waals surface area contributed by atoms with Crippen molar-refractivity contribution >= 4 is 17.5 Å². The quantitative estimate of drug-likeness (QED) is 0.807. The van der Waals surface area contributed by atoms with E-state index in [0.29, 0.717) is 18.9 Å². The molecule has 0 bridgehead atoms. The highest BCUT2D eigenvalue weighted by Crippen LogP contribution is 2.35. The number of carbonyl (C=O) groups excluding carboxylic acids is 2.